The van der Waals surface area contributed by atoms with Crippen LogP contribution < -0.4 is 0 Å². The number of unbranched alkanes of at least 4 members (excludes halogenated alkanes) is 37. The summed E-state index contributed by atoms with van der Waals surface area (Å²) in [6, 6.07) is 0. The number of hydrogen-bond acceptors (Lipinski definition) is 6. The van der Waals surface area contributed by atoms with E-state index in [-0.39, 0.29) is 31.1 Å². The van der Waals surface area contributed by atoms with Gasteiger partial charge in [0.25, 0.3) is 0 Å². The van der Waals surface area contributed by atoms with Crippen molar-refractivity contribution in [2.75, 3.05) is 13.2 Å². The molecule has 0 rings (SSSR count). The van der Waals surface area contributed by atoms with Gasteiger partial charge in [-0.3, -0.25) is 14.4 Å². The highest BCUT2D eigenvalue weighted by atomic mass is 16.6. The molecule has 0 amide bonds. The minimum atomic E-state index is -0.758. The normalized spacial score (nSPS) is 11.8. The molecule has 0 fully saturated rings. The predicted octanol–water partition coefficient (Wildman–Crippen LogP) is 16.8. The average molecular weight is 821 g/mol. The Labute approximate surface area is 361 Å². The Morgan fingerprint density at radius 2 is 0.466 bits per heavy atom. The maximum Gasteiger partial charge on any atom is 0.306 e. The van der Waals surface area contributed by atoms with Crippen LogP contribution in [0.4, 0.5) is 0 Å². The molecule has 0 aliphatic rings. The molecule has 0 aromatic carbocycles. The first-order valence-electron chi connectivity index (χ1n) is 26.0. The summed E-state index contributed by atoms with van der Waals surface area (Å²) < 4.78 is 16.7. The van der Waals surface area contributed by atoms with Gasteiger partial charge in [0.05, 0.1) is 0 Å². The number of carbonyl (C=O) groups excluding carboxylic acids is 3. The van der Waals surface area contributed by atoms with E-state index in [1.807, 2.05) is 0 Å². The molecule has 0 spiro atoms. The lowest BCUT2D eigenvalue weighted by molar-refractivity contribution is -0.167. The highest BCUT2D eigenvalue weighted by Gasteiger charge is 2.19. The molecule has 0 heterocycles. The quantitative estimate of drug-likeness (QED) is 0.0346. The van der Waals surface area contributed by atoms with Gasteiger partial charge >= 0.3 is 17.9 Å². The van der Waals surface area contributed by atoms with Gasteiger partial charge in [0, 0.05) is 19.3 Å². The van der Waals surface area contributed by atoms with E-state index in [1.54, 1.807) is 0 Å². The van der Waals surface area contributed by atoms with Gasteiger partial charge in [-0.1, -0.05) is 258 Å². The Hall–Kier alpha value is -1.59. The molecule has 1 atom stereocenters. The van der Waals surface area contributed by atoms with Gasteiger partial charge in [0.2, 0.25) is 0 Å². The third-order valence-corrected chi connectivity index (χ3v) is 11.9. The molecule has 0 saturated carbocycles. The van der Waals surface area contributed by atoms with Crippen molar-refractivity contribution >= 4 is 17.9 Å². The van der Waals surface area contributed by atoms with Crippen molar-refractivity contribution in [1.29, 1.82) is 0 Å². The summed E-state index contributed by atoms with van der Waals surface area (Å²) in [6.07, 6.45) is 51.3. The Morgan fingerprint density at radius 3 is 0.690 bits per heavy atom. The van der Waals surface area contributed by atoms with Crippen molar-refractivity contribution < 1.29 is 28.6 Å². The summed E-state index contributed by atoms with van der Waals surface area (Å²) in [4.78, 5) is 37.6. The van der Waals surface area contributed by atoms with Crippen molar-refractivity contribution in [2.24, 2.45) is 0 Å². The van der Waals surface area contributed by atoms with Crippen LogP contribution >= 0.6 is 0 Å². The van der Waals surface area contributed by atoms with E-state index in [0.717, 1.165) is 64.2 Å². The van der Waals surface area contributed by atoms with Gasteiger partial charge in [-0.25, -0.2) is 0 Å². The summed E-state index contributed by atoms with van der Waals surface area (Å²) in [5.74, 6) is -0.857. The van der Waals surface area contributed by atoms with Gasteiger partial charge in [-0.2, -0.15) is 0 Å². The van der Waals surface area contributed by atoms with Crippen LogP contribution in [0.2, 0.25) is 0 Å². The molecular weight excluding hydrogens is 721 g/mol. The van der Waals surface area contributed by atoms with Crippen LogP contribution in [-0.4, -0.2) is 37.2 Å². The molecule has 344 valence electrons. The van der Waals surface area contributed by atoms with E-state index in [0.29, 0.717) is 19.3 Å². The first-order valence-corrected chi connectivity index (χ1v) is 26.0. The van der Waals surface area contributed by atoms with E-state index in [9.17, 15) is 14.4 Å². The highest BCUT2D eigenvalue weighted by molar-refractivity contribution is 5.71. The number of ether oxygens (including phenoxy) is 3. The monoisotopic (exact) mass is 821 g/mol. The average Bonchev–Trinajstić information content (AvgIpc) is 3.22. The van der Waals surface area contributed by atoms with Crippen LogP contribution in [0.3, 0.4) is 0 Å². The fraction of sp³-hybridized carbons (Fsp3) is 0.942. The fourth-order valence-corrected chi connectivity index (χ4v) is 7.92. The Morgan fingerprint density at radius 1 is 0.276 bits per heavy atom. The van der Waals surface area contributed by atoms with Crippen LogP contribution in [-0.2, 0) is 28.6 Å². The molecule has 0 bridgehead atoms. The molecule has 0 N–H and O–H groups in total. The molecule has 58 heavy (non-hydrogen) atoms. The van der Waals surface area contributed by atoms with Crippen LogP contribution in [0.5, 0.6) is 0 Å². The van der Waals surface area contributed by atoms with E-state index >= 15 is 0 Å². The largest absolute Gasteiger partial charge is 0.462 e. The fourth-order valence-electron chi connectivity index (χ4n) is 7.92. The summed E-state index contributed by atoms with van der Waals surface area (Å²) in [5, 5.41) is 0. The molecule has 0 radical (unpaired) electrons. The first kappa shape index (κ1) is 56.4. The minimum Gasteiger partial charge on any atom is -0.462 e. The number of carbonyl (C=O) groups is 3. The van der Waals surface area contributed by atoms with Gasteiger partial charge < -0.3 is 14.2 Å². The third kappa shape index (κ3) is 45.5. The zero-order valence-corrected chi connectivity index (χ0v) is 39.3. The van der Waals surface area contributed by atoms with Crippen LogP contribution in [0.15, 0.2) is 0 Å². The van der Waals surface area contributed by atoms with Crippen molar-refractivity contribution in [3.05, 3.63) is 0 Å². The molecular formula is C52H100O6. The molecule has 6 heteroatoms. The van der Waals surface area contributed by atoms with Crippen molar-refractivity contribution in [3.8, 4) is 0 Å². The predicted molar refractivity (Wildman–Crippen MR) is 247 cm³/mol. The number of hydrogen-bond donors (Lipinski definition) is 0. The smallest absolute Gasteiger partial charge is 0.306 e. The SMILES string of the molecule is CCCCCCCCCCCCCCCCCCCCCC(=O)O[C@@H](COC(=O)CCCCCCC)COC(=O)CCCCCCCCCCCCCCCCCC. The third-order valence-electron chi connectivity index (χ3n) is 11.9. The van der Waals surface area contributed by atoms with E-state index in [2.05, 4.69) is 20.8 Å². The van der Waals surface area contributed by atoms with Crippen LogP contribution in [0.1, 0.15) is 297 Å². The standard InChI is InChI=1S/C52H100O6/c1-4-7-10-13-15-17-19-21-23-25-26-27-29-31-33-35-37-40-43-46-52(55)58-49(47-56-50(53)44-41-38-12-9-6-3)48-57-51(54)45-42-39-36-34-32-30-28-24-22-20-18-16-14-11-8-5-2/h49H,4-48H2,1-3H3/t49-/m0/s1. The first-order chi connectivity index (χ1) is 28.5. The lowest BCUT2D eigenvalue weighted by Crippen LogP contribution is -2.30. The van der Waals surface area contributed by atoms with Gasteiger partial charge in [-0.05, 0) is 19.3 Å². The summed E-state index contributed by atoms with van der Waals surface area (Å²) in [5.41, 5.74) is 0. The Bertz CT molecular complexity index is 859. The van der Waals surface area contributed by atoms with Crippen molar-refractivity contribution in [2.45, 2.75) is 303 Å². The second kappa shape index (κ2) is 48.1. The summed E-state index contributed by atoms with van der Waals surface area (Å²) in [7, 11) is 0. The molecule has 0 aliphatic heterocycles. The maximum absolute atomic E-state index is 12.7. The van der Waals surface area contributed by atoms with Crippen molar-refractivity contribution in [1.82, 2.24) is 0 Å². The molecule has 0 saturated heterocycles. The van der Waals surface area contributed by atoms with Gasteiger partial charge in [0.15, 0.2) is 6.10 Å². The van der Waals surface area contributed by atoms with Gasteiger partial charge in [-0.15, -0.1) is 0 Å². The van der Waals surface area contributed by atoms with E-state index in [1.165, 1.54) is 193 Å². The summed E-state index contributed by atoms with van der Waals surface area (Å²) in [6.45, 7) is 6.61. The van der Waals surface area contributed by atoms with Gasteiger partial charge in [0.1, 0.15) is 13.2 Å². The van der Waals surface area contributed by atoms with E-state index < -0.39 is 6.10 Å². The lowest BCUT2D eigenvalue weighted by atomic mass is 10.0. The maximum atomic E-state index is 12.7. The topological polar surface area (TPSA) is 78.9 Å². The van der Waals surface area contributed by atoms with Crippen LogP contribution in [0, 0.1) is 0 Å². The zero-order chi connectivity index (χ0) is 42.3. The Kier molecular flexibility index (Phi) is 46.8. The van der Waals surface area contributed by atoms with E-state index in [4.69, 9.17) is 14.2 Å². The molecule has 0 aromatic rings. The molecule has 0 unspecified atom stereocenters. The molecule has 6 nitrogen and oxygen atoms in total. The Balaban J connectivity index is 4.09. The van der Waals surface area contributed by atoms with Crippen molar-refractivity contribution in [3.63, 3.8) is 0 Å². The zero-order valence-electron chi connectivity index (χ0n) is 39.3. The second-order valence-corrected chi connectivity index (χ2v) is 17.8. The number of esters is 3. The molecule has 0 aliphatic carbocycles. The van der Waals surface area contributed by atoms with Crippen LogP contribution in [0.25, 0.3) is 0 Å². The highest BCUT2D eigenvalue weighted by Crippen LogP contribution is 2.17. The number of rotatable bonds is 48. The second-order valence-electron chi connectivity index (χ2n) is 17.8. The molecule has 0 aromatic heterocycles. The minimum absolute atomic E-state index is 0.0631. The summed E-state index contributed by atoms with van der Waals surface area (Å²) >= 11 is 0. The lowest BCUT2D eigenvalue weighted by Gasteiger charge is -2.18.